The molecule has 0 saturated heterocycles. The van der Waals surface area contributed by atoms with Gasteiger partial charge in [-0.15, -0.1) is 0 Å². The quantitative estimate of drug-likeness (QED) is 0.206. The Hall–Kier alpha value is -2.37. The minimum atomic E-state index is -1.25. The zero-order valence-electron chi connectivity index (χ0n) is 18.5. The molecule has 0 fully saturated rings. The minimum Gasteiger partial charge on any atom is -0.480 e. The summed E-state index contributed by atoms with van der Waals surface area (Å²) in [6.07, 6.45) is 24.9. The molecule has 0 aromatic rings. The van der Waals surface area contributed by atoms with E-state index in [1.54, 1.807) is 0 Å². The molecule has 2 amide bonds. The molecule has 0 rings (SSSR count). The number of primary amides is 1. The summed E-state index contributed by atoms with van der Waals surface area (Å²) < 4.78 is 0. The Morgan fingerprint density at radius 2 is 1.37 bits per heavy atom. The van der Waals surface area contributed by atoms with Gasteiger partial charge in [0, 0.05) is 6.42 Å². The number of rotatable bonds is 19. The van der Waals surface area contributed by atoms with Crippen molar-refractivity contribution < 1.29 is 19.5 Å². The molecule has 0 bridgehead atoms. The molecule has 0 heterocycles. The first-order valence-corrected chi connectivity index (χ1v) is 11.2. The van der Waals surface area contributed by atoms with Gasteiger partial charge in [-0.25, -0.2) is 4.79 Å². The number of aliphatic carboxylic acids is 1. The maximum atomic E-state index is 11.8. The van der Waals surface area contributed by atoms with Crippen LogP contribution in [0.3, 0.4) is 0 Å². The first-order chi connectivity index (χ1) is 14.5. The van der Waals surface area contributed by atoms with E-state index in [0.717, 1.165) is 38.5 Å². The van der Waals surface area contributed by atoms with Gasteiger partial charge >= 0.3 is 5.97 Å². The molecule has 170 valence electrons. The fourth-order valence-corrected chi connectivity index (χ4v) is 2.86. The van der Waals surface area contributed by atoms with Crippen LogP contribution in [0.1, 0.15) is 90.4 Å². The maximum absolute atomic E-state index is 11.8. The lowest BCUT2D eigenvalue weighted by Gasteiger charge is -2.12. The number of carbonyl (C=O) groups is 3. The molecule has 0 radical (unpaired) electrons. The maximum Gasteiger partial charge on any atom is 0.326 e. The molecule has 6 heteroatoms. The van der Waals surface area contributed by atoms with Crippen LogP contribution in [-0.2, 0) is 14.4 Å². The van der Waals surface area contributed by atoms with Crippen LogP contribution < -0.4 is 11.1 Å². The highest BCUT2D eigenvalue weighted by Crippen LogP contribution is 2.07. The molecule has 0 spiro atoms. The highest BCUT2D eigenvalue weighted by atomic mass is 16.4. The number of unbranched alkanes of at least 4 members (excludes halogenated alkanes) is 7. The summed E-state index contributed by atoms with van der Waals surface area (Å²) in [5, 5.41) is 11.3. The van der Waals surface area contributed by atoms with Crippen molar-refractivity contribution in [2.75, 3.05) is 0 Å². The molecule has 0 saturated carbocycles. The second kappa shape index (κ2) is 19.9. The lowest BCUT2D eigenvalue weighted by atomic mass is 10.1. The molecular formula is C24H40N2O4. The number of carboxylic acids is 1. The average molecular weight is 421 g/mol. The van der Waals surface area contributed by atoms with Crippen LogP contribution in [0, 0.1) is 0 Å². The van der Waals surface area contributed by atoms with Crippen LogP contribution in [0.15, 0.2) is 36.5 Å². The zero-order chi connectivity index (χ0) is 22.5. The van der Waals surface area contributed by atoms with Crippen LogP contribution in [0.2, 0.25) is 0 Å². The molecule has 0 aliphatic carbocycles. The molecule has 0 aromatic heterocycles. The van der Waals surface area contributed by atoms with Crippen molar-refractivity contribution in [3.8, 4) is 0 Å². The largest absolute Gasteiger partial charge is 0.480 e. The summed E-state index contributed by atoms with van der Waals surface area (Å²) >= 11 is 0. The Morgan fingerprint density at radius 1 is 0.833 bits per heavy atom. The Kier molecular flexibility index (Phi) is 18.4. The fourth-order valence-electron chi connectivity index (χ4n) is 2.86. The number of hydrogen-bond acceptors (Lipinski definition) is 3. The van der Waals surface area contributed by atoms with Crippen molar-refractivity contribution in [2.45, 2.75) is 96.4 Å². The summed E-state index contributed by atoms with van der Waals surface area (Å²) in [4.78, 5) is 33.5. The number of carboxylic acid groups (broad SMARTS) is 1. The zero-order valence-corrected chi connectivity index (χ0v) is 18.5. The van der Waals surface area contributed by atoms with Gasteiger partial charge in [-0.05, 0) is 44.9 Å². The van der Waals surface area contributed by atoms with Crippen LogP contribution in [-0.4, -0.2) is 28.9 Å². The molecule has 1 atom stereocenters. The van der Waals surface area contributed by atoms with Crippen LogP contribution in [0.4, 0.5) is 0 Å². The number of carbonyl (C=O) groups excluding carboxylic acids is 2. The highest BCUT2D eigenvalue weighted by molar-refractivity contribution is 5.88. The van der Waals surface area contributed by atoms with Gasteiger partial charge in [0.2, 0.25) is 11.8 Å². The van der Waals surface area contributed by atoms with Gasteiger partial charge in [0.15, 0.2) is 0 Å². The van der Waals surface area contributed by atoms with E-state index in [1.807, 2.05) is 0 Å². The van der Waals surface area contributed by atoms with E-state index in [9.17, 15) is 14.4 Å². The van der Waals surface area contributed by atoms with Crippen LogP contribution in [0.5, 0.6) is 0 Å². The Labute approximate surface area is 181 Å². The van der Waals surface area contributed by atoms with Crippen molar-refractivity contribution in [1.82, 2.24) is 5.32 Å². The summed E-state index contributed by atoms with van der Waals surface area (Å²) in [7, 11) is 0. The molecule has 30 heavy (non-hydrogen) atoms. The van der Waals surface area contributed by atoms with Gasteiger partial charge in [-0.1, -0.05) is 69.1 Å². The van der Waals surface area contributed by atoms with Gasteiger partial charge < -0.3 is 16.2 Å². The molecule has 0 aliphatic heterocycles. The van der Waals surface area contributed by atoms with E-state index in [0.29, 0.717) is 6.42 Å². The third-order valence-electron chi connectivity index (χ3n) is 4.58. The van der Waals surface area contributed by atoms with Crippen LogP contribution in [0.25, 0.3) is 0 Å². The average Bonchev–Trinajstić information content (AvgIpc) is 2.69. The Balaban J connectivity index is 3.62. The number of nitrogens with two attached hydrogens (primary N) is 1. The van der Waals surface area contributed by atoms with Crippen molar-refractivity contribution in [2.24, 2.45) is 5.73 Å². The molecule has 0 aromatic carbocycles. The number of amides is 2. The first-order valence-electron chi connectivity index (χ1n) is 11.2. The fraction of sp³-hybridized carbons (Fsp3) is 0.625. The topological polar surface area (TPSA) is 109 Å². The lowest BCUT2D eigenvalue weighted by molar-refractivity contribution is -0.143. The smallest absolute Gasteiger partial charge is 0.326 e. The molecule has 6 nitrogen and oxygen atoms in total. The second-order valence-electron chi connectivity index (χ2n) is 7.46. The van der Waals surface area contributed by atoms with E-state index in [2.05, 4.69) is 48.7 Å². The highest BCUT2D eigenvalue weighted by Gasteiger charge is 2.21. The first kappa shape index (κ1) is 27.6. The predicted molar refractivity (Wildman–Crippen MR) is 122 cm³/mol. The Morgan fingerprint density at radius 3 is 1.90 bits per heavy atom. The standard InChI is InChI=1S/C24H40N2O4/c1-2-3-4-5-6-7-8-9-10-11-12-13-14-15-16-17-18-19-23(28)26-21(24(29)30)20-22(25)27/h6-7,9-10,12-13,21H,2-5,8,11,14-20H2,1H3,(H2,25,27)(H,26,28)(H,29,30)/b7-6-,10-9-,13-12-/t21-/m0/s1. The van der Waals surface area contributed by atoms with Gasteiger partial charge in [-0.2, -0.15) is 0 Å². The second-order valence-corrected chi connectivity index (χ2v) is 7.46. The summed E-state index contributed by atoms with van der Waals surface area (Å²) in [6.45, 7) is 2.22. The third kappa shape index (κ3) is 19.0. The number of nitrogens with one attached hydrogen (secondary N) is 1. The number of allylic oxidation sites excluding steroid dienone is 6. The Bertz CT molecular complexity index is 568. The monoisotopic (exact) mass is 420 g/mol. The molecule has 0 unspecified atom stereocenters. The molecular weight excluding hydrogens is 380 g/mol. The van der Waals surface area contributed by atoms with Crippen molar-refractivity contribution in [1.29, 1.82) is 0 Å². The van der Waals surface area contributed by atoms with Gasteiger partial charge in [0.1, 0.15) is 6.04 Å². The van der Waals surface area contributed by atoms with Gasteiger partial charge in [-0.3, -0.25) is 9.59 Å². The predicted octanol–water partition coefficient (Wildman–Crippen LogP) is 4.80. The van der Waals surface area contributed by atoms with Crippen molar-refractivity contribution in [3.63, 3.8) is 0 Å². The summed E-state index contributed by atoms with van der Waals surface area (Å²) in [5.74, 6) is -2.35. The van der Waals surface area contributed by atoms with E-state index in [1.165, 1.54) is 25.7 Å². The van der Waals surface area contributed by atoms with E-state index in [-0.39, 0.29) is 12.3 Å². The third-order valence-corrected chi connectivity index (χ3v) is 4.58. The van der Waals surface area contributed by atoms with Gasteiger partial charge in [0.05, 0.1) is 6.42 Å². The molecule has 0 aliphatic rings. The SMILES string of the molecule is CCCCC/C=C\C/C=C\C/C=C\CCCCCCC(=O)N[C@@H](CC(N)=O)C(=O)O. The van der Waals surface area contributed by atoms with Crippen LogP contribution >= 0.6 is 0 Å². The summed E-state index contributed by atoms with van der Waals surface area (Å²) in [6, 6.07) is -1.24. The van der Waals surface area contributed by atoms with Gasteiger partial charge in [0.25, 0.3) is 0 Å². The van der Waals surface area contributed by atoms with E-state index in [4.69, 9.17) is 10.8 Å². The number of hydrogen-bond donors (Lipinski definition) is 3. The lowest BCUT2D eigenvalue weighted by Crippen LogP contribution is -2.43. The van der Waals surface area contributed by atoms with Crippen molar-refractivity contribution >= 4 is 17.8 Å². The van der Waals surface area contributed by atoms with E-state index < -0.39 is 24.3 Å². The van der Waals surface area contributed by atoms with Crippen molar-refractivity contribution in [3.05, 3.63) is 36.5 Å². The summed E-state index contributed by atoms with van der Waals surface area (Å²) in [5.41, 5.74) is 4.99. The minimum absolute atomic E-state index is 0.260. The van der Waals surface area contributed by atoms with E-state index >= 15 is 0 Å². The normalized spacial score (nSPS) is 12.7. The molecule has 4 N–H and O–H groups in total.